The molecule has 1 amide bonds. The number of ether oxygens (including phenoxy) is 2. The zero-order valence-corrected chi connectivity index (χ0v) is 11.6. The van der Waals surface area contributed by atoms with Crippen LogP contribution in [0, 0.1) is 5.41 Å². The maximum Gasteiger partial charge on any atom is 0.311 e. The molecule has 0 spiro atoms. The maximum atomic E-state index is 11.6. The van der Waals surface area contributed by atoms with Crippen molar-refractivity contribution in [2.75, 3.05) is 26.4 Å². The van der Waals surface area contributed by atoms with Gasteiger partial charge in [0.25, 0.3) is 0 Å². The third-order valence-corrected chi connectivity index (χ3v) is 3.60. The lowest BCUT2D eigenvalue weighted by Gasteiger charge is -2.33. The van der Waals surface area contributed by atoms with Crippen LogP contribution in [0.3, 0.4) is 0 Å². The second-order valence-corrected chi connectivity index (χ2v) is 5.00. The summed E-state index contributed by atoms with van der Waals surface area (Å²) < 4.78 is 10.5. The third kappa shape index (κ3) is 4.80. The van der Waals surface area contributed by atoms with Crippen LogP contribution in [0.25, 0.3) is 0 Å². The number of aliphatic carboxylic acids is 1. The number of carboxylic acid groups (broad SMARTS) is 1. The summed E-state index contributed by atoms with van der Waals surface area (Å²) in [7, 11) is 0. The molecule has 0 aromatic heterocycles. The van der Waals surface area contributed by atoms with Gasteiger partial charge in [0.05, 0.1) is 11.5 Å². The molecule has 1 aliphatic rings. The Hall–Kier alpha value is -1.14. The van der Waals surface area contributed by atoms with Crippen LogP contribution in [0.15, 0.2) is 0 Å². The first kappa shape index (κ1) is 15.9. The molecule has 0 radical (unpaired) electrons. The Morgan fingerprint density at radius 3 is 2.58 bits per heavy atom. The zero-order valence-electron chi connectivity index (χ0n) is 11.6. The number of carbonyl (C=O) groups is 2. The quantitative estimate of drug-likeness (QED) is 0.716. The van der Waals surface area contributed by atoms with E-state index < -0.39 is 11.4 Å². The van der Waals surface area contributed by atoms with Gasteiger partial charge >= 0.3 is 5.97 Å². The third-order valence-electron chi connectivity index (χ3n) is 3.60. The normalized spacial score (nSPS) is 19.7. The molecule has 1 aliphatic heterocycles. The average molecular weight is 273 g/mol. The molecular weight excluding hydrogens is 250 g/mol. The summed E-state index contributed by atoms with van der Waals surface area (Å²) in [6, 6.07) is 0. The first-order valence-electron chi connectivity index (χ1n) is 6.69. The first-order valence-corrected chi connectivity index (χ1v) is 6.69. The summed E-state index contributed by atoms with van der Waals surface area (Å²) in [4.78, 5) is 23.0. The summed E-state index contributed by atoms with van der Waals surface area (Å²) in [6.45, 7) is 4.82. The molecule has 6 nitrogen and oxygen atoms in total. The van der Waals surface area contributed by atoms with Gasteiger partial charge in [-0.3, -0.25) is 9.59 Å². The minimum Gasteiger partial charge on any atom is -0.481 e. The number of nitrogens with one attached hydrogen (secondary N) is 1. The van der Waals surface area contributed by atoms with Crippen LogP contribution in [-0.2, 0) is 19.1 Å². The fourth-order valence-corrected chi connectivity index (χ4v) is 1.88. The number of hydrogen-bond donors (Lipinski definition) is 2. The summed E-state index contributed by atoms with van der Waals surface area (Å²) in [6.07, 6.45) is 1.72. The summed E-state index contributed by atoms with van der Waals surface area (Å²) in [5, 5.41) is 12.0. The van der Waals surface area contributed by atoms with Crippen molar-refractivity contribution in [1.82, 2.24) is 5.32 Å². The molecule has 1 fully saturated rings. The van der Waals surface area contributed by atoms with Crippen molar-refractivity contribution in [1.29, 1.82) is 0 Å². The Labute approximate surface area is 113 Å². The number of rotatable bonds is 7. The van der Waals surface area contributed by atoms with Gasteiger partial charge in [0.15, 0.2) is 0 Å². The van der Waals surface area contributed by atoms with E-state index in [4.69, 9.17) is 9.47 Å². The van der Waals surface area contributed by atoms with E-state index in [1.165, 1.54) is 0 Å². The topological polar surface area (TPSA) is 84.9 Å². The van der Waals surface area contributed by atoms with E-state index in [2.05, 4.69) is 5.32 Å². The minimum absolute atomic E-state index is 0.0266. The van der Waals surface area contributed by atoms with Gasteiger partial charge in [0.1, 0.15) is 6.61 Å². The molecule has 0 saturated carbocycles. The highest BCUT2D eigenvalue weighted by Gasteiger charge is 2.40. The first-order chi connectivity index (χ1) is 9.00. The molecular formula is C13H23NO5. The molecule has 1 heterocycles. The molecule has 6 heteroatoms. The Morgan fingerprint density at radius 2 is 2.05 bits per heavy atom. The fraction of sp³-hybridized carbons (Fsp3) is 0.846. The second kappa shape index (κ2) is 7.45. The average Bonchev–Trinajstić information content (AvgIpc) is 2.43. The standard InChI is InChI=1S/C13H23NO5/c1-3-10(2)19-8-11(15)14-9-13(12(16)17)4-6-18-7-5-13/h10H,3-9H2,1-2H3,(H,14,15)(H,16,17). The van der Waals surface area contributed by atoms with Gasteiger partial charge in [-0.05, 0) is 26.2 Å². The van der Waals surface area contributed by atoms with Crippen LogP contribution in [0.2, 0.25) is 0 Å². The van der Waals surface area contributed by atoms with E-state index in [9.17, 15) is 14.7 Å². The Bertz CT molecular complexity index is 312. The van der Waals surface area contributed by atoms with E-state index in [-0.39, 0.29) is 25.2 Å². The van der Waals surface area contributed by atoms with Crippen molar-refractivity contribution in [2.45, 2.75) is 39.2 Å². The molecule has 110 valence electrons. The number of amides is 1. The Morgan fingerprint density at radius 1 is 1.42 bits per heavy atom. The molecule has 0 aliphatic carbocycles. The molecule has 1 saturated heterocycles. The second-order valence-electron chi connectivity index (χ2n) is 5.00. The summed E-state index contributed by atoms with van der Waals surface area (Å²) in [5.74, 6) is -1.15. The fourth-order valence-electron chi connectivity index (χ4n) is 1.88. The molecule has 0 bridgehead atoms. The van der Waals surface area contributed by atoms with Crippen molar-refractivity contribution in [2.24, 2.45) is 5.41 Å². The van der Waals surface area contributed by atoms with Crippen LogP contribution in [0.5, 0.6) is 0 Å². The highest BCUT2D eigenvalue weighted by atomic mass is 16.5. The Balaban J connectivity index is 2.39. The van der Waals surface area contributed by atoms with E-state index in [1.807, 2.05) is 13.8 Å². The molecule has 2 N–H and O–H groups in total. The van der Waals surface area contributed by atoms with E-state index in [0.717, 1.165) is 6.42 Å². The van der Waals surface area contributed by atoms with Gasteiger partial charge in [0, 0.05) is 19.8 Å². The predicted molar refractivity (Wildman–Crippen MR) is 68.8 cm³/mol. The van der Waals surface area contributed by atoms with Gasteiger partial charge in [-0.1, -0.05) is 6.92 Å². The number of hydrogen-bond acceptors (Lipinski definition) is 4. The van der Waals surface area contributed by atoms with Crippen molar-refractivity contribution >= 4 is 11.9 Å². The number of carbonyl (C=O) groups excluding carboxylic acids is 1. The molecule has 0 aromatic carbocycles. The maximum absolute atomic E-state index is 11.6. The Kier molecular flexibility index (Phi) is 6.24. The SMILES string of the molecule is CCC(C)OCC(=O)NCC1(C(=O)O)CCOCC1. The van der Waals surface area contributed by atoms with Gasteiger partial charge in [-0.25, -0.2) is 0 Å². The molecule has 0 aromatic rings. The van der Waals surface area contributed by atoms with Gasteiger partial charge in [-0.15, -0.1) is 0 Å². The van der Waals surface area contributed by atoms with Crippen molar-refractivity contribution in [3.63, 3.8) is 0 Å². The lowest BCUT2D eigenvalue weighted by Crippen LogP contribution is -2.47. The minimum atomic E-state index is -0.899. The zero-order chi connectivity index (χ0) is 14.3. The van der Waals surface area contributed by atoms with E-state index in [0.29, 0.717) is 26.1 Å². The van der Waals surface area contributed by atoms with Crippen LogP contribution in [0.1, 0.15) is 33.1 Å². The summed E-state index contributed by atoms with van der Waals surface area (Å²) in [5.41, 5.74) is -0.899. The lowest BCUT2D eigenvalue weighted by atomic mass is 9.80. The lowest BCUT2D eigenvalue weighted by molar-refractivity contribution is -0.155. The molecule has 19 heavy (non-hydrogen) atoms. The molecule has 1 rings (SSSR count). The van der Waals surface area contributed by atoms with Crippen molar-refractivity contribution < 1.29 is 24.2 Å². The van der Waals surface area contributed by atoms with E-state index >= 15 is 0 Å². The number of carboxylic acids is 1. The van der Waals surface area contributed by atoms with Gasteiger partial charge < -0.3 is 19.9 Å². The molecule has 1 atom stereocenters. The van der Waals surface area contributed by atoms with Crippen molar-refractivity contribution in [3.8, 4) is 0 Å². The van der Waals surface area contributed by atoms with Crippen LogP contribution < -0.4 is 5.32 Å². The smallest absolute Gasteiger partial charge is 0.311 e. The van der Waals surface area contributed by atoms with Gasteiger partial charge in [-0.2, -0.15) is 0 Å². The monoisotopic (exact) mass is 273 g/mol. The molecule has 1 unspecified atom stereocenters. The highest BCUT2D eigenvalue weighted by molar-refractivity contribution is 5.79. The van der Waals surface area contributed by atoms with Gasteiger partial charge in [0.2, 0.25) is 5.91 Å². The van der Waals surface area contributed by atoms with E-state index in [1.54, 1.807) is 0 Å². The van der Waals surface area contributed by atoms with Crippen LogP contribution in [0.4, 0.5) is 0 Å². The van der Waals surface area contributed by atoms with Crippen LogP contribution >= 0.6 is 0 Å². The predicted octanol–water partition coefficient (Wildman–Crippen LogP) is 0.799. The highest BCUT2D eigenvalue weighted by Crippen LogP contribution is 2.29. The van der Waals surface area contributed by atoms with Crippen LogP contribution in [-0.4, -0.2) is 49.5 Å². The van der Waals surface area contributed by atoms with Crippen molar-refractivity contribution in [3.05, 3.63) is 0 Å². The largest absolute Gasteiger partial charge is 0.481 e. The summed E-state index contributed by atoms with van der Waals surface area (Å²) >= 11 is 0.